The van der Waals surface area contributed by atoms with Crippen molar-refractivity contribution in [2.45, 2.75) is 38.6 Å². The van der Waals surface area contributed by atoms with Gasteiger partial charge in [0.1, 0.15) is 5.75 Å². The van der Waals surface area contributed by atoms with Crippen molar-refractivity contribution in [1.29, 1.82) is 0 Å². The minimum atomic E-state index is 0.427. The molecule has 0 aliphatic heterocycles. The van der Waals surface area contributed by atoms with Gasteiger partial charge in [0, 0.05) is 6.04 Å². The van der Waals surface area contributed by atoms with Crippen LogP contribution in [-0.2, 0) is 0 Å². The van der Waals surface area contributed by atoms with E-state index in [0.29, 0.717) is 12.0 Å². The van der Waals surface area contributed by atoms with Crippen LogP contribution in [0.5, 0.6) is 5.75 Å². The van der Waals surface area contributed by atoms with Gasteiger partial charge in [-0.2, -0.15) is 0 Å². The minimum Gasteiger partial charge on any atom is -0.493 e. The molecule has 0 unspecified atom stereocenters. The van der Waals surface area contributed by atoms with Crippen LogP contribution in [0.25, 0.3) is 0 Å². The quantitative estimate of drug-likeness (QED) is 0.848. The Hall–Kier alpha value is -1.02. The number of hydrogen-bond acceptors (Lipinski definition) is 2. The zero-order valence-electron chi connectivity index (χ0n) is 9.99. The minimum absolute atomic E-state index is 0.427. The lowest BCUT2D eigenvalue weighted by atomic mass is 9.87. The first kappa shape index (κ1) is 11.5. The van der Waals surface area contributed by atoms with Crippen LogP contribution >= 0.6 is 0 Å². The van der Waals surface area contributed by atoms with E-state index in [0.717, 1.165) is 25.2 Å². The molecule has 1 aromatic rings. The highest BCUT2D eigenvalue weighted by Crippen LogP contribution is 2.24. The fraction of sp³-hybridized carbons (Fsp3) is 0.571. The lowest BCUT2D eigenvalue weighted by molar-refractivity contribution is 0.200. The van der Waals surface area contributed by atoms with Crippen LogP contribution < -0.4 is 10.5 Å². The normalized spacial score (nSPS) is 25.4. The van der Waals surface area contributed by atoms with E-state index in [2.05, 4.69) is 19.1 Å². The summed E-state index contributed by atoms with van der Waals surface area (Å²) in [5.41, 5.74) is 7.15. The zero-order chi connectivity index (χ0) is 11.4. The Bertz CT molecular complexity index is 312. The second-order valence-corrected chi connectivity index (χ2v) is 4.90. The molecule has 0 amide bonds. The molecule has 0 heterocycles. The van der Waals surface area contributed by atoms with Gasteiger partial charge in [-0.15, -0.1) is 0 Å². The molecule has 1 aromatic carbocycles. The predicted molar refractivity (Wildman–Crippen MR) is 66.6 cm³/mol. The first-order chi connectivity index (χ1) is 7.74. The summed E-state index contributed by atoms with van der Waals surface area (Å²) < 4.78 is 5.79. The van der Waals surface area contributed by atoms with Crippen molar-refractivity contribution in [1.82, 2.24) is 0 Å². The fourth-order valence-electron chi connectivity index (χ4n) is 2.20. The van der Waals surface area contributed by atoms with Crippen LogP contribution in [0.1, 0.15) is 31.2 Å². The third-order valence-corrected chi connectivity index (χ3v) is 3.40. The SMILES string of the molecule is Cc1ccc(OCC2CCC(N)CC2)cc1. The third-order valence-electron chi connectivity index (χ3n) is 3.40. The van der Waals surface area contributed by atoms with Gasteiger partial charge in [-0.25, -0.2) is 0 Å². The summed E-state index contributed by atoms with van der Waals surface area (Å²) >= 11 is 0. The van der Waals surface area contributed by atoms with E-state index in [9.17, 15) is 0 Å². The summed E-state index contributed by atoms with van der Waals surface area (Å²) in [6.07, 6.45) is 4.74. The average molecular weight is 219 g/mol. The van der Waals surface area contributed by atoms with E-state index < -0.39 is 0 Å². The van der Waals surface area contributed by atoms with Crippen molar-refractivity contribution in [3.8, 4) is 5.75 Å². The largest absolute Gasteiger partial charge is 0.493 e. The monoisotopic (exact) mass is 219 g/mol. The van der Waals surface area contributed by atoms with Crippen LogP contribution in [0.4, 0.5) is 0 Å². The highest BCUT2D eigenvalue weighted by molar-refractivity contribution is 5.26. The van der Waals surface area contributed by atoms with Crippen LogP contribution in [0, 0.1) is 12.8 Å². The Balaban J connectivity index is 1.77. The number of ether oxygens (including phenoxy) is 1. The molecule has 2 heteroatoms. The second-order valence-electron chi connectivity index (χ2n) is 4.90. The molecule has 1 aliphatic rings. The molecule has 16 heavy (non-hydrogen) atoms. The Morgan fingerprint density at radius 2 is 1.75 bits per heavy atom. The van der Waals surface area contributed by atoms with Gasteiger partial charge in [-0.3, -0.25) is 0 Å². The van der Waals surface area contributed by atoms with Gasteiger partial charge in [0.15, 0.2) is 0 Å². The first-order valence-corrected chi connectivity index (χ1v) is 6.19. The molecule has 0 spiro atoms. The summed E-state index contributed by atoms with van der Waals surface area (Å²) in [4.78, 5) is 0. The standard InChI is InChI=1S/C14H21NO/c1-11-2-8-14(9-3-11)16-10-12-4-6-13(15)7-5-12/h2-3,8-9,12-13H,4-7,10,15H2,1H3. The van der Waals surface area contributed by atoms with E-state index in [1.165, 1.54) is 18.4 Å². The van der Waals surface area contributed by atoms with Crippen LogP contribution in [-0.4, -0.2) is 12.6 Å². The molecular weight excluding hydrogens is 198 g/mol. The van der Waals surface area contributed by atoms with Crippen molar-refractivity contribution >= 4 is 0 Å². The molecule has 1 fully saturated rings. The second kappa shape index (κ2) is 5.35. The molecule has 0 radical (unpaired) electrons. The van der Waals surface area contributed by atoms with E-state index in [4.69, 9.17) is 10.5 Å². The summed E-state index contributed by atoms with van der Waals surface area (Å²) in [5.74, 6) is 1.68. The number of rotatable bonds is 3. The highest BCUT2D eigenvalue weighted by Gasteiger charge is 2.18. The van der Waals surface area contributed by atoms with Crippen molar-refractivity contribution < 1.29 is 4.74 Å². The van der Waals surface area contributed by atoms with Crippen LogP contribution in [0.15, 0.2) is 24.3 Å². The Kier molecular flexibility index (Phi) is 3.83. The smallest absolute Gasteiger partial charge is 0.119 e. The van der Waals surface area contributed by atoms with Gasteiger partial charge < -0.3 is 10.5 Å². The van der Waals surface area contributed by atoms with E-state index in [-0.39, 0.29) is 0 Å². The number of aryl methyl sites for hydroxylation is 1. The molecule has 88 valence electrons. The third kappa shape index (κ3) is 3.24. The molecule has 0 bridgehead atoms. The van der Waals surface area contributed by atoms with E-state index in [1.807, 2.05) is 12.1 Å². The molecule has 2 nitrogen and oxygen atoms in total. The van der Waals surface area contributed by atoms with Gasteiger partial charge >= 0.3 is 0 Å². The number of hydrogen-bond donors (Lipinski definition) is 1. The predicted octanol–water partition coefficient (Wildman–Crippen LogP) is 2.89. The molecule has 1 saturated carbocycles. The molecule has 0 saturated heterocycles. The lowest BCUT2D eigenvalue weighted by Gasteiger charge is -2.25. The molecular formula is C14H21NO. The Labute approximate surface area is 97.8 Å². The lowest BCUT2D eigenvalue weighted by Crippen LogP contribution is -2.28. The summed E-state index contributed by atoms with van der Waals surface area (Å²) in [6, 6.07) is 8.70. The van der Waals surface area contributed by atoms with Crippen molar-refractivity contribution in [2.24, 2.45) is 11.7 Å². The first-order valence-electron chi connectivity index (χ1n) is 6.19. The van der Waals surface area contributed by atoms with E-state index in [1.54, 1.807) is 0 Å². The summed E-state index contributed by atoms with van der Waals surface area (Å²) in [5, 5.41) is 0. The maximum Gasteiger partial charge on any atom is 0.119 e. The maximum absolute atomic E-state index is 5.88. The zero-order valence-corrected chi connectivity index (χ0v) is 9.99. The van der Waals surface area contributed by atoms with Crippen molar-refractivity contribution in [3.05, 3.63) is 29.8 Å². The average Bonchev–Trinajstić information content (AvgIpc) is 2.30. The Morgan fingerprint density at radius 3 is 2.38 bits per heavy atom. The van der Waals surface area contributed by atoms with Gasteiger partial charge in [0.25, 0.3) is 0 Å². The highest BCUT2D eigenvalue weighted by atomic mass is 16.5. The fourth-order valence-corrected chi connectivity index (χ4v) is 2.20. The Morgan fingerprint density at radius 1 is 1.12 bits per heavy atom. The summed E-state index contributed by atoms with van der Waals surface area (Å²) in [6.45, 7) is 2.93. The molecule has 0 aromatic heterocycles. The van der Waals surface area contributed by atoms with Gasteiger partial charge in [0.05, 0.1) is 6.61 Å². The maximum atomic E-state index is 5.88. The van der Waals surface area contributed by atoms with Gasteiger partial charge in [0.2, 0.25) is 0 Å². The van der Waals surface area contributed by atoms with Gasteiger partial charge in [-0.1, -0.05) is 17.7 Å². The molecule has 2 N–H and O–H groups in total. The van der Waals surface area contributed by atoms with Gasteiger partial charge in [-0.05, 0) is 50.7 Å². The number of benzene rings is 1. The van der Waals surface area contributed by atoms with E-state index >= 15 is 0 Å². The molecule has 0 atom stereocenters. The summed E-state index contributed by atoms with van der Waals surface area (Å²) in [7, 11) is 0. The van der Waals surface area contributed by atoms with Crippen molar-refractivity contribution in [3.63, 3.8) is 0 Å². The number of nitrogens with two attached hydrogens (primary N) is 1. The van der Waals surface area contributed by atoms with Crippen LogP contribution in [0.2, 0.25) is 0 Å². The van der Waals surface area contributed by atoms with Crippen molar-refractivity contribution in [2.75, 3.05) is 6.61 Å². The molecule has 1 aliphatic carbocycles. The molecule has 2 rings (SSSR count). The van der Waals surface area contributed by atoms with Crippen LogP contribution in [0.3, 0.4) is 0 Å². The topological polar surface area (TPSA) is 35.2 Å².